The van der Waals surface area contributed by atoms with Gasteiger partial charge in [0.25, 0.3) is 15.9 Å². The molecule has 0 saturated heterocycles. The number of hydrogen-bond donors (Lipinski definition) is 2. The van der Waals surface area contributed by atoms with Crippen molar-refractivity contribution in [2.45, 2.75) is 24.3 Å². The fourth-order valence-electron chi connectivity index (χ4n) is 1.98. The van der Waals surface area contributed by atoms with Crippen molar-refractivity contribution in [1.82, 2.24) is 15.0 Å². The van der Waals surface area contributed by atoms with Crippen LogP contribution in [0.4, 0.5) is 0 Å². The van der Waals surface area contributed by atoms with Gasteiger partial charge in [-0.3, -0.25) is 14.6 Å². The van der Waals surface area contributed by atoms with E-state index >= 15 is 0 Å². The molecule has 2 aromatic rings. The first kappa shape index (κ1) is 17.6. The Morgan fingerprint density at radius 1 is 1.12 bits per heavy atom. The minimum Gasteiger partial charge on any atom is -0.349 e. The van der Waals surface area contributed by atoms with Crippen LogP contribution in [0.2, 0.25) is 0 Å². The predicted octanol–water partition coefficient (Wildman–Crippen LogP) is 1.10. The number of carbonyl (C=O) groups is 2. The number of aromatic nitrogens is 1. The van der Waals surface area contributed by atoms with Crippen LogP contribution >= 0.6 is 0 Å². The van der Waals surface area contributed by atoms with Crippen molar-refractivity contribution < 1.29 is 18.0 Å². The summed E-state index contributed by atoms with van der Waals surface area (Å²) in [4.78, 5) is 27.5. The van der Waals surface area contributed by atoms with Crippen LogP contribution in [0.5, 0.6) is 0 Å². The van der Waals surface area contributed by atoms with Crippen LogP contribution in [0.3, 0.4) is 0 Å². The van der Waals surface area contributed by atoms with Gasteiger partial charge in [-0.2, -0.15) is 0 Å². The lowest BCUT2D eigenvalue weighted by atomic mass is 10.2. The Balaban J connectivity index is 1.91. The van der Waals surface area contributed by atoms with Crippen LogP contribution in [0.1, 0.15) is 23.7 Å². The molecule has 0 radical (unpaired) electrons. The molecule has 7 nitrogen and oxygen atoms in total. The molecule has 8 heteroatoms. The number of hydrogen-bond acceptors (Lipinski definition) is 5. The van der Waals surface area contributed by atoms with E-state index in [0.29, 0.717) is 5.56 Å². The lowest BCUT2D eigenvalue weighted by Gasteiger charge is -2.14. The molecule has 0 bridgehead atoms. The molecule has 0 saturated carbocycles. The van der Waals surface area contributed by atoms with Gasteiger partial charge >= 0.3 is 0 Å². The Hall–Kier alpha value is -2.74. The minimum absolute atomic E-state index is 0.0978. The van der Waals surface area contributed by atoms with Gasteiger partial charge in [0.15, 0.2) is 0 Å². The number of nitrogens with one attached hydrogen (secondary N) is 2. The first-order valence-corrected chi connectivity index (χ1v) is 8.68. The van der Waals surface area contributed by atoms with E-state index in [0.717, 1.165) is 6.20 Å². The van der Waals surface area contributed by atoms with Crippen molar-refractivity contribution in [3.8, 4) is 0 Å². The van der Waals surface area contributed by atoms with Crippen LogP contribution in [0, 0.1) is 0 Å². The first-order valence-electron chi connectivity index (χ1n) is 7.20. The van der Waals surface area contributed by atoms with Crippen LogP contribution in [-0.2, 0) is 14.8 Å². The third-order valence-electron chi connectivity index (χ3n) is 3.10. The first-order chi connectivity index (χ1) is 11.4. The second kappa shape index (κ2) is 7.69. The standard InChI is InChI=1S/C16H17N3O4S/c1-12(18-16(21)13-6-3-2-4-7-13)10-15(20)19-24(22,23)14-8-5-9-17-11-14/h2-9,11-12H,10H2,1H3,(H,18,21)(H,19,20)/t12-/m1/s1. The van der Waals surface area contributed by atoms with Crippen molar-refractivity contribution in [2.24, 2.45) is 0 Å². The topological polar surface area (TPSA) is 105 Å². The van der Waals surface area contributed by atoms with E-state index in [1.807, 2.05) is 4.72 Å². The Morgan fingerprint density at radius 2 is 1.83 bits per heavy atom. The summed E-state index contributed by atoms with van der Waals surface area (Å²) in [5, 5.41) is 2.65. The summed E-state index contributed by atoms with van der Waals surface area (Å²) in [7, 11) is -3.96. The van der Waals surface area contributed by atoms with Crippen molar-refractivity contribution in [1.29, 1.82) is 0 Å². The average Bonchev–Trinajstić information content (AvgIpc) is 2.55. The van der Waals surface area contributed by atoms with Crippen LogP contribution < -0.4 is 10.0 Å². The average molecular weight is 347 g/mol. The van der Waals surface area contributed by atoms with Gasteiger partial charge in [-0.05, 0) is 31.2 Å². The fourth-order valence-corrected chi connectivity index (χ4v) is 2.94. The van der Waals surface area contributed by atoms with E-state index in [4.69, 9.17) is 0 Å². The van der Waals surface area contributed by atoms with Gasteiger partial charge in [0.1, 0.15) is 4.90 Å². The summed E-state index contributed by atoms with van der Waals surface area (Å²) in [6.07, 6.45) is 2.41. The lowest BCUT2D eigenvalue weighted by molar-refractivity contribution is -0.119. The quantitative estimate of drug-likeness (QED) is 0.814. The van der Waals surface area contributed by atoms with Gasteiger partial charge in [-0.25, -0.2) is 13.1 Å². The monoisotopic (exact) mass is 347 g/mol. The van der Waals surface area contributed by atoms with Crippen LogP contribution in [-0.4, -0.2) is 31.3 Å². The highest BCUT2D eigenvalue weighted by atomic mass is 32.2. The largest absolute Gasteiger partial charge is 0.349 e. The molecule has 126 valence electrons. The van der Waals surface area contributed by atoms with Gasteiger partial charge in [-0.15, -0.1) is 0 Å². The summed E-state index contributed by atoms with van der Waals surface area (Å²) in [5.41, 5.74) is 0.465. The molecule has 0 aliphatic rings. The highest BCUT2D eigenvalue weighted by molar-refractivity contribution is 7.90. The highest BCUT2D eigenvalue weighted by Crippen LogP contribution is 2.06. The minimum atomic E-state index is -3.96. The molecule has 0 unspecified atom stereocenters. The van der Waals surface area contributed by atoms with E-state index in [1.165, 1.54) is 18.3 Å². The molecule has 0 fully saturated rings. The zero-order valence-electron chi connectivity index (χ0n) is 13.0. The summed E-state index contributed by atoms with van der Waals surface area (Å²) in [6.45, 7) is 1.62. The fraction of sp³-hybridized carbons (Fsp3) is 0.188. The third kappa shape index (κ3) is 4.88. The molecule has 2 rings (SSSR count). The van der Waals surface area contributed by atoms with E-state index in [1.54, 1.807) is 37.3 Å². The molecular weight excluding hydrogens is 330 g/mol. The second-order valence-electron chi connectivity index (χ2n) is 5.16. The zero-order chi connectivity index (χ0) is 17.6. The number of benzene rings is 1. The smallest absolute Gasteiger partial charge is 0.265 e. The molecule has 0 aliphatic carbocycles. The summed E-state index contributed by atoms with van der Waals surface area (Å²) < 4.78 is 26.0. The van der Waals surface area contributed by atoms with Gasteiger partial charge < -0.3 is 5.32 Å². The third-order valence-corrected chi connectivity index (χ3v) is 4.46. The van der Waals surface area contributed by atoms with Crippen LogP contribution in [0.25, 0.3) is 0 Å². The van der Waals surface area contributed by atoms with Crippen molar-refractivity contribution in [3.05, 3.63) is 60.4 Å². The summed E-state index contributed by atoms with van der Waals surface area (Å²) in [6, 6.07) is 10.8. The number of sulfonamides is 1. The second-order valence-corrected chi connectivity index (χ2v) is 6.84. The molecule has 1 aromatic carbocycles. The Kier molecular flexibility index (Phi) is 5.64. The predicted molar refractivity (Wildman–Crippen MR) is 87.6 cm³/mol. The van der Waals surface area contributed by atoms with Crippen molar-refractivity contribution >= 4 is 21.8 Å². The Labute approximate surface area is 140 Å². The van der Waals surface area contributed by atoms with Gasteiger partial charge in [0.05, 0.1) is 0 Å². The number of nitrogens with zero attached hydrogens (tertiary/aromatic N) is 1. The van der Waals surface area contributed by atoms with Gasteiger partial charge in [0.2, 0.25) is 5.91 Å². The SMILES string of the molecule is C[C@H](CC(=O)NS(=O)(=O)c1cccnc1)NC(=O)c1ccccc1. The van der Waals surface area contributed by atoms with Gasteiger partial charge in [-0.1, -0.05) is 18.2 Å². The maximum absolute atomic E-state index is 12.0. The van der Waals surface area contributed by atoms with E-state index < -0.39 is 22.0 Å². The maximum atomic E-state index is 12.0. The summed E-state index contributed by atoms with van der Waals surface area (Å²) >= 11 is 0. The molecule has 1 aromatic heterocycles. The van der Waals surface area contributed by atoms with Crippen LogP contribution in [0.15, 0.2) is 59.8 Å². The molecule has 1 atom stereocenters. The molecule has 1 heterocycles. The zero-order valence-corrected chi connectivity index (χ0v) is 13.8. The highest BCUT2D eigenvalue weighted by Gasteiger charge is 2.20. The summed E-state index contributed by atoms with van der Waals surface area (Å²) in [5.74, 6) is -1.04. The van der Waals surface area contributed by atoms with E-state index in [-0.39, 0.29) is 17.2 Å². The normalized spacial score (nSPS) is 12.2. The maximum Gasteiger partial charge on any atom is 0.265 e. The number of amides is 2. The molecule has 24 heavy (non-hydrogen) atoms. The molecule has 0 spiro atoms. The van der Waals surface area contributed by atoms with Crippen molar-refractivity contribution in [2.75, 3.05) is 0 Å². The molecule has 2 amide bonds. The molecule has 2 N–H and O–H groups in total. The number of carbonyl (C=O) groups excluding carboxylic acids is 2. The molecule has 0 aliphatic heterocycles. The van der Waals surface area contributed by atoms with E-state index in [2.05, 4.69) is 10.3 Å². The molecular formula is C16H17N3O4S. The number of rotatable bonds is 6. The number of pyridine rings is 1. The Bertz CT molecular complexity index is 808. The lowest BCUT2D eigenvalue weighted by Crippen LogP contribution is -2.39. The van der Waals surface area contributed by atoms with Crippen molar-refractivity contribution in [3.63, 3.8) is 0 Å². The van der Waals surface area contributed by atoms with E-state index in [9.17, 15) is 18.0 Å². The Morgan fingerprint density at radius 3 is 2.46 bits per heavy atom. The van der Waals surface area contributed by atoms with Gasteiger partial charge in [0, 0.05) is 30.4 Å².